The van der Waals surface area contributed by atoms with Gasteiger partial charge in [-0.05, 0) is 37.8 Å². The maximum Gasteiger partial charge on any atom is 0.229 e. The number of hydrogen-bond acceptors (Lipinski definition) is 4. The predicted octanol–water partition coefficient (Wildman–Crippen LogP) is 3.32. The Morgan fingerprint density at radius 3 is 3.19 bits per heavy atom. The van der Waals surface area contributed by atoms with E-state index in [1.807, 2.05) is 19.2 Å². The van der Waals surface area contributed by atoms with Crippen molar-refractivity contribution < 1.29 is 4.79 Å². The van der Waals surface area contributed by atoms with E-state index in [4.69, 9.17) is 0 Å². The molecule has 0 unspecified atom stereocenters. The molecule has 0 fully saturated rings. The molecule has 0 saturated heterocycles. The van der Waals surface area contributed by atoms with E-state index in [1.54, 1.807) is 15.9 Å². The fourth-order valence-electron chi connectivity index (χ4n) is 3.91. The lowest BCUT2D eigenvalue weighted by atomic mass is 9.86. The summed E-state index contributed by atoms with van der Waals surface area (Å²) < 4.78 is 1.78. The molecule has 1 atom stereocenters. The zero-order valence-electron chi connectivity index (χ0n) is 14.5. The topological polar surface area (TPSA) is 75.1 Å². The lowest BCUT2D eigenvalue weighted by Crippen LogP contribution is -2.31. The molecule has 0 radical (unpaired) electrons. The molecule has 0 saturated carbocycles. The van der Waals surface area contributed by atoms with Crippen LogP contribution in [0.1, 0.15) is 40.7 Å². The molecule has 1 aromatic carbocycles. The molecule has 4 aromatic rings. The zero-order chi connectivity index (χ0) is 17.7. The molecular weight excluding hydrogens is 346 g/mol. The van der Waals surface area contributed by atoms with Crippen LogP contribution in [-0.4, -0.2) is 25.5 Å². The molecule has 1 aliphatic rings. The van der Waals surface area contributed by atoms with Crippen LogP contribution in [0.3, 0.4) is 0 Å². The van der Waals surface area contributed by atoms with Gasteiger partial charge >= 0.3 is 0 Å². The number of para-hydroxylation sites is 1. The fourth-order valence-corrected chi connectivity index (χ4v) is 4.65. The number of carbonyl (C=O) groups is 1. The molecule has 1 amide bonds. The van der Waals surface area contributed by atoms with Gasteiger partial charge in [0, 0.05) is 16.6 Å². The van der Waals surface area contributed by atoms with E-state index in [-0.39, 0.29) is 11.8 Å². The van der Waals surface area contributed by atoms with Crippen LogP contribution >= 0.6 is 11.3 Å². The Labute approximate surface area is 154 Å². The van der Waals surface area contributed by atoms with Gasteiger partial charge in [-0.2, -0.15) is 5.10 Å². The van der Waals surface area contributed by atoms with Crippen LogP contribution in [0, 0.1) is 6.92 Å². The van der Waals surface area contributed by atoms with Crippen LogP contribution in [0.25, 0.3) is 15.9 Å². The van der Waals surface area contributed by atoms with Crippen LogP contribution in [-0.2, 0) is 17.8 Å². The molecule has 132 valence electrons. The van der Waals surface area contributed by atoms with E-state index in [9.17, 15) is 4.79 Å². The summed E-state index contributed by atoms with van der Waals surface area (Å²) in [5.74, 6) is -0.0479. The maximum absolute atomic E-state index is 12.8. The number of nitrogens with one attached hydrogen (secondary N) is 2. The third kappa shape index (κ3) is 2.50. The highest BCUT2D eigenvalue weighted by atomic mass is 32.1. The van der Waals surface area contributed by atoms with Crippen molar-refractivity contribution in [1.82, 2.24) is 24.9 Å². The second-order valence-electron chi connectivity index (χ2n) is 6.81. The number of amides is 1. The normalized spacial score (nSPS) is 16.9. The van der Waals surface area contributed by atoms with Crippen LogP contribution in [0.5, 0.6) is 0 Å². The van der Waals surface area contributed by atoms with Crippen LogP contribution < -0.4 is 5.32 Å². The lowest BCUT2D eigenvalue weighted by molar-refractivity contribution is -0.123. The molecule has 5 rings (SSSR count). The molecular formula is C19H19N5OS. The van der Waals surface area contributed by atoms with Crippen molar-refractivity contribution >= 4 is 33.1 Å². The molecule has 0 spiro atoms. The van der Waals surface area contributed by atoms with E-state index in [0.717, 1.165) is 46.1 Å². The number of fused-ring (bicyclic) bond motifs is 4. The zero-order valence-corrected chi connectivity index (χ0v) is 15.3. The van der Waals surface area contributed by atoms with E-state index < -0.39 is 0 Å². The van der Waals surface area contributed by atoms with Gasteiger partial charge in [-0.15, -0.1) is 0 Å². The van der Waals surface area contributed by atoms with Gasteiger partial charge in [-0.3, -0.25) is 4.79 Å². The second kappa shape index (κ2) is 5.95. The predicted molar refractivity (Wildman–Crippen MR) is 101 cm³/mol. The summed E-state index contributed by atoms with van der Waals surface area (Å²) in [5, 5.41) is 9.65. The summed E-state index contributed by atoms with van der Waals surface area (Å²) in [6.45, 7) is 2.39. The summed E-state index contributed by atoms with van der Waals surface area (Å²) >= 11 is 1.55. The first kappa shape index (κ1) is 15.6. The van der Waals surface area contributed by atoms with Crippen molar-refractivity contribution in [1.29, 1.82) is 0 Å². The molecule has 3 heterocycles. The Hall–Kier alpha value is -2.67. The van der Waals surface area contributed by atoms with Crippen LogP contribution in [0.2, 0.25) is 0 Å². The third-order valence-electron chi connectivity index (χ3n) is 5.07. The highest BCUT2D eigenvalue weighted by molar-refractivity contribution is 7.16. The maximum atomic E-state index is 12.8. The van der Waals surface area contributed by atoms with E-state index in [0.29, 0.717) is 6.54 Å². The van der Waals surface area contributed by atoms with Gasteiger partial charge < -0.3 is 10.3 Å². The number of imidazole rings is 1. The molecule has 7 heteroatoms. The molecule has 1 aliphatic carbocycles. The van der Waals surface area contributed by atoms with Gasteiger partial charge in [-0.1, -0.05) is 29.5 Å². The van der Waals surface area contributed by atoms with Crippen molar-refractivity contribution in [3.05, 3.63) is 52.4 Å². The van der Waals surface area contributed by atoms with E-state index in [2.05, 4.69) is 38.6 Å². The highest BCUT2D eigenvalue weighted by Gasteiger charge is 2.29. The van der Waals surface area contributed by atoms with Gasteiger partial charge in [0.2, 0.25) is 10.9 Å². The largest absolute Gasteiger partial charge is 0.357 e. The van der Waals surface area contributed by atoms with Gasteiger partial charge in [0.15, 0.2) is 0 Å². The monoisotopic (exact) mass is 365 g/mol. The Bertz CT molecular complexity index is 1090. The summed E-state index contributed by atoms with van der Waals surface area (Å²) in [4.78, 5) is 21.7. The number of hydrogen-bond donors (Lipinski definition) is 2. The van der Waals surface area contributed by atoms with Gasteiger partial charge in [0.25, 0.3) is 0 Å². The first-order valence-electron chi connectivity index (χ1n) is 8.88. The van der Waals surface area contributed by atoms with Crippen molar-refractivity contribution in [2.45, 2.75) is 38.6 Å². The number of nitrogens with zero attached hydrogens (tertiary/aromatic N) is 3. The number of aromatic amines is 1. The second-order valence-corrected chi connectivity index (χ2v) is 7.97. The van der Waals surface area contributed by atoms with Crippen molar-refractivity contribution in [2.75, 3.05) is 0 Å². The summed E-state index contributed by atoms with van der Waals surface area (Å²) in [7, 11) is 0. The first-order valence-corrected chi connectivity index (χ1v) is 9.69. The number of carbonyl (C=O) groups excluding carboxylic acids is 1. The van der Waals surface area contributed by atoms with Gasteiger partial charge in [-0.25, -0.2) is 9.50 Å². The minimum absolute atomic E-state index is 0.0676. The Morgan fingerprint density at radius 2 is 2.31 bits per heavy atom. The third-order valence-corrected chi connectivity index (χ3v) is 5.91. The van der Waals surface area contributed by atoms with Crippen LogP contribution in [0.4, 0.5) is 0 Å². The SMILES string of the molecule is Cc1nn2cc(CNC(=O)[C@H]3CCCc4c3[nH]c3ccccc43)nc2s1. The van der Waals surface area contributed by atoms with E-state index in [1.165, 1.54) is 10.9 Å². The molecule has 26 heavy (non-hydrogen) atoms. The van der Waals surface area contributed by atoms with E-state index >= 15 is 0 Å². The standard InChI is InChI=1S/C19H19N5OS/c1-11-23-24-10-12(21-19(24)26-11)9-20-18(25)15-7-4-6-14-13-5-2-3-8-16(13)22-17(14)15/h2-3,5,8,10,15,22H,4,6-7,9H2,1H3,(H,20,25)/t15-/m0/s1. The van der Waals surface area contributed by atoms with Crippen molar-refractivity contribution in [3.63, 3.8) is 0 Å². The number of H-pyrrole nitrogens is 1. The molecule has 0 aliphatic heterocycles. The molecule has 0 bridgehead atoms. The van der Waals surface area contributed by atoms with Gasteiger partial charge in [0.1, 0.15) is 5.01 Å². The van der Waals surface area contributed by atoms with Crippen LogP contribution in [0.15, 0.2) is 30.5 Å². The summed E-state index contributed by atoms with van der Waals surface area (Å²) in [6.07, 6.45) is 4.83. The van der Waals surface area contributed by atoms with Crippen molar-refractivity contribution in [2.24, 2.45) is 0 Å². The minimum Gasteiger partial charge on any atom is -0.357 e. The van der Waals surface area contributed by atoms with Crippen molar-refractivity contribution in [3.8, 4) is 0 Å². The molecule has 6 nitrogen and oxygen atoms in total. The Morgan fingerprint density at radius 1 is 1.42 bits per heavy atom. The lowest BCUT2D eigenvalue weighted by Gasteiger charge is -2.21. The molecule has 2 N–H and O–H groups in total. The first-order chi connectivity index (χ1) is 12.7. The average molecular weight is 365 g/mol. The number of rotatable bonds is 3. The highest BCUT2D eigenvalue weighted by Crippen LogP contribution is 2.36. The molecule has 3 aromatic heterocycles. The number of benzene rings is 1. The smallest absolute Gasteiger partial charge is 0.229 e. The Kier molecular flexibility index (Phi) is 3.56. The fraction of sp³-hybridized carbons (Fsp3) is 0.316. The Balaban J connectivity index is 1.36. The number of aryl methyl sites for hydroxylation is 2. The minimum atomic E-state index is -0.116. The average Bonchev–Trinajstić information content (AvgIpc) is 3.29. The summed E-state index contributed by atoms with van der Waals surface area (Å²) in [6, 6.07) is 8.30. The summed E-state index contributed by atoms with van der Waals surface area (Å²) in [5.41, 5.74) is 4.34. The van der Waals surface area contributed by atoms with Gasteiger partial charge in [0.05, 0.1) is 24.4 Å². The quantitative estimate of drug-likeness (QED) is 0.585. The number of aromatic nitrogens is 4.